The van der Waals surface area contributed by atoms with Crippen molar-refractivity contribution in [3.8, 4) is 0 Å². The minimum Gasteiger partial charge on any atom is -0.323 e. The van der Waals surface area contributed by atoms with Crippen LogP contribution in [0.5, 0.6) is 0 Å². The molecule has 0 bridgehead atoms. The maximum atomic E-state index is 12.7. The highest BCUT2D eigenvalue weighted by atomic mass is 32.2. The van der Waals surface area contributed by atoms with E-state index >= 15 is 0 Å². The molecule has 2 rings (SSSR count). The third-order valence-corrected chi connectivity index (χ3v) is 6.01. The Morgan fingerprint density at radius 1 is 1.37 bits per heavy atom. The lowest BCUT2D eigenvalue weighted by Gasteiger charge is -2.30. The van der Waals surface area contributed by atoms with Crippen LogP contribution in [0.4, 0.5) is 0 Å². The van der Waals surface area contributed by atoms with Crippen molar-refractivity contribution in [2.24, 2.45) is 0 Å². The van der Waals surface area contributed by atoms with Gasteiger partial charge in [-0.3, -0.25) is 10.1 Å². The van der Waals surface area contributed by atoms with E-state index in [2.05, 4.69) is 49.7 Å². The van der Waals surface area contributed by atoms with Crippen LogP contribution in [0.3, 0.4) is 0 Å². The van der Waals surface area contributed by atoms with Crippen LogP contribution < -0.4 is 5.32 Å². The molecular formula is C15H28N2OS. The van der Waals surface area contributed by atoms with E-state index in [1.807, 2.05) is 0 Å². The van der Waals surface area contributed by atoms with E-state index in [1.165, 1.54) is 25.0 Å². The van der Waals surface area contributed by atoms with Crippen LogP contribution in [0, 0.1) is 0 Å². The van der Waals surface area contributed by atoms with Gasteiger partial charge in [0.1, 0.15) is 0 Å². The maximum absolute atomic E-state index is 12.7. The minimum atomic E-state index is -0.337. The number of carbonyl (C=O) groups excluding carboxylic acids is 1. The van der Waals surface area contributed by atoms with Crippen molar-refractivity contribution in [1.29, 1.82) is 0 Å². The summed E-state index contributed by atoms with van der Waals surface area (Å²) in [6.07, 6.45) is 5.76. The number of nitrogens with zero attached hydrogens (tertiary/aromatic N) is 1. The Morgan fingerprint density at radius 2 is 2.11 bits per heavy atom. The number of hydrogen-bond acceptors (Lipinski definition) is 3. The summed E-state index contributed by atoms with van der Waals surface area (Å²) in [5, 5.41) is 4.32. The van der Waals surface area contributed by atoms with E-state index < -0.39 is 0 Å². The van der Waals surface area contributed by atoms with Gasteiger partial charge in [-0.15, -0.1) is 0 Å². The van der Waals surface area contributed by atoms with Crippen LogP contribution in [0.1, 0.15) is 59.8 Å². The molecule has 4 atom stereocenters. The molecule has 2 fully saturated rings. The average molecular weight is 284 g/mol. The summed E-state index contributed by atoms with van der Waals surface area (Å²) in [5.74, 6) is 1.52. The summed E-state index contributed by atoms with van der Waals surface area (Å²) in [7, 11) is 0. The first-order valence-electron chi connectivity index (χ1n) is 7.77. The quantitative estimate of drug-likeness (QED) is 0.842. The van der Waals surface area contributed by atoms with E-state index in [0.717, 1.165) is 18.1 Å². The van der Waals surface area contributed by atoms with Crippen LogP contribution in [-0.4, -0.2) is 39.6 Å². The molecule has 1 N–H and O–H groups in total. The molecule has 4 heteroatoms. The van der Waals surface area contributed by atoms with Crippen molar-refractivity contribution in [3.63, 3.8) is 0 Å². The Labute approximate surface area is 121 Å². The zero-order valence-corrected chi connectivity index (χ0v) is 13.6. The second-order valence-corrected chi connectivity index (χ2v) is 7.59. The summed E-state index contributed by atoms with van der Waals surface area (Å²) < 4.78 is 0. The monoisotopic (exact) mass is 284 g/mol. The van der Waals surface area contributed by atoms with Crippen LogP contribution in [0.25, 0.3) is 0 Å². The Balaban J connectivity index is 2.08. The lowest BCUT2D eigenvalue weighted by molar-refractivity contribution is -0.135. The average Bonchev–Trinajstić information content (AvgIpc) is 2.95. The van der Waals surface area contributed by atoms with Crippen molar-refractivity contribution in [2.45, 2.75) is 82.8 Å². The molecule has 1 saturated heterocycles. The number of amides is 1. The van der Waals surface area contributed by atoms with Crippen molar-refractivity contribution >= 4 is 17.7 Å². The highest BCUT2D eigenvalue weighted by Crippen LogP contribution is 2.37. The number of hydrogen-bond donors (Lipinski definition) is 1. The van der Waals surface area contributed by atoms with Crippen LogP contribution in [0.2, 0.25) is 0 Å². The summed E-state index contributed by atoms with van der Waals surface area (Å²) in [6.45, 7) is 8.56. The van der Waals surface area contributed by atoms with E-state index in [4.69, 9.17) is 0 Å². The van der Waals surface area contributed by atoms with Gasteiger partial charge in [0, 0.05) is 11.3 Å². The lowest BCUT2D eigenvalue weighted by Crippen LogP contribution is -2.44. The number of carbonyl (C=O) groups is 1. The molecule has 110 valence electrons. The Kier molecular flexibility index (Phi) is 4.83. The molecule has 0 radical (unpaired) electrons. The second-order valence-electron chi connectivity index (χ2n) is 6.01. The molecule has 1 aliphatic heterocycles. The number of rotatable bonds is 5. The van der Waals surface area contributed by atoms with E-state index in [-0.39, 0.29) is 11.7 Å². The van der Waals surface area contributed by atoms with Gasteiger partial charge in [0.25, 0.3) is 0 Å². The van der Waals surface area contributed by atoms with Crippen molar-refractivity contribution in [1.82, 2.24) is 10.2 Å². The Bertz CT molecular complexity index is 336. The highest BCUT2D eigenvalue weighted by molar-refractivity contribution is 7.99. The zero-order chi connectivity index (χ0) is 14.0. The fraction of sp³-hybridized carbons (Fsp3) is 0.933. The molecular weight excluding hydrogens is 256 g/mol. The van der Waals surface area contributed by atoms with Crippen LogP contribution in [-0.2, 0) is 4.79 Å². The molecule has 0 spiro atoms. The van der Waals surface area contributed by atoms with Gasteiger partial charge in [0.05, 0.1) is 11.7 Å². The molecule has 4 unspecified atom stereocenters. The maximum Gasteiger partial charge on any atom is 0.244 e. The predicted octanol–water partition coefficient (Wildman–Crippen LogP) is 3.00. The van der Waals surface area contributed by atoms with Gasteiger partial charge in [-0.05, 0) is 44.8 Å². The van der Waals surface area contributed by atoms with Crippen LogP contribution in [0.15, 0.2) is 0 Å². The van der Waals surface area contributed by atoms with E-state index in [0.29, 0.717) is 11.9 Å². The summed E-state index contributed by atoms with van der Waals surface area (Å²) >= 11 is 2.06. The zero-order valence-electron chi connectivity index (χ0n) is 12.7. The molecule has 2 aliphatic rings. The summed E-state index contributed by atoms with van der Waals surface area (Å²) in [4.78, 5) is 14.9. The van der Waals surface area contributed by atoms with Gasteiger partial charge < -0.3 is 4.90 Å². The summed E-state index contributed by atoms with van der Waals surface area (Å²) in [5.41, 5.74) is -0.337. The van der Waals surface area contributed by atoms with Crippen LogP contribution >= 0.6 is 11.8 Å². The highest BCUT2D eigenvalue weighted by Gasteiger charge is 2.49. The molecule has 1 amide bonds. The van der Waals surface area contributed by atoms with Crippen molar-refractivity contribution in [3.05, 3.63) is 0 Å². The smallest absolute Gasteiger partial charge is 0.244 e. The topological polar surface area (TPSA) is 32.3 Å². The molecule has 19 heavy (non-hydrogen) atoms. The fourth-order valence-corrected chi connectivity index (χ4v) is 4.59. The molecule has 1 heterocycles. The molecule has 1 aliphatic carbocycles. The molecule has 1 saturated carbocycles. The first-order valence-corrected chi connectivity index (χ1v) is 8.82. The largest absolute Gasteiger partial charge is 0.323 e. The molecule has 0 aromatic heterocycles. The Morgan fingerprint density at radius 3 is 2.68 bits per heavy atom. The SMILES string of the molecule is CCSC1CCC(N2C(=O)C(C)(CC)NC2CC)C1. The standard InChI is InChI=1S/C15H28N2OS/c1-5-13-16-15(4,6-2)14(18)17(13)11-8-9-12(10-11)19-7-3/h11-13,16H,5-10H2,1-4H3. The third kappa shape index (κ3) is 2.80. The van der Waals surface area contributed by atoms with Crippen molar-refractivity contribution in [2.75, 3.05) is 5.75 Å². The lowest BCUT2D eigenvalue weighted by atomic mass is 9.99. The van der Waals surface area contributed by atoms with Gasteiger partial charge in [-0.2, -0.15) is 11.8 Å². The van der Waals surface area contributed by atoms with E-state index in [1.54, 1.807) is 0 Å². The first kappa shape index (κ1) is 15.2. The summed E-state index contributed by atoms with van der Waals surface area (Å²) in [6, 6.07) is 0.461. The normalized spacial score (nSPS) is 39.3. The molecule has 3 nitrogen and oxygen atoms in total. The van der Waals surface area contributed by atoms with Gasteiger partial charge in [-0.1, -0.05) is 20.8 Å². The van der Waals surface area contributed by atoms with E-state index in [9.17, 15) is 4.79 Å². The predicted molar refractivity (Wildman–Crippen MR) is 82.3 cm³/mol. The number of nitrogens with one attached hydrogen (secondary N) is 1. The minimum absolute atomic E-state index is 0.243. The Hall–Kier alpha value is -0.220. The van der Waals surface area contributed by atoms with Crippen molar-refractivity contribution < 1.29 is 4.79 Å². The molecule has 0 aromatic carbocycles. The van der Waals surface area contributed by atoms with Gasteiger partial charge >= 0.3 is 0 Å². The fourth-order valence-electron chi connectivity index (χ4n) is 3.46. The third-order valence-electron chi connectivity index (χ3n) is 4.77. The van der Waals surface area contributed by atoms with Gasteiger partial charge in [0.15, 0.2) is 0 Å². The first-order chi connectivity index (χ1) is 9.05. The van der Waals surface area contributed by atoms with Gasteiger partial charge in [0.2, 0.25) is 5.91 Å². The molecule has 0 aromatic rings. The number of thioether (sulfide) groups is 1. The van der Waals surface area contributed by atoms with Gasteiger partial charge in [-0.25, -0.2) is 0 Å². The second kappa shape index (κ2) is 6.04.